The van der Waals surface area contributed by atoms with Gasteiger partial charge in [0.05, 0.1) is 12.1 Å². The van der Waals surface area contributed by atoms with Crippen LogP contribution in [0.4, 0.5) is 23.0 Å². The number of hydrogen-bond acceptors (Lipinski definition) is 13. The van der Waals surface area contributed by atoms with Crippen molar-refractivity contribution in [1.29, 1.82) is 0 Å². The van der Waals surface area contributed by atoms with Crippen molar-refractivity contribution >= 4 is 58.1 Å². The van der Waals surface area contributed by atoms with Crippen molar-refractivity contribution in [2.24, 2.45) is 11.1 Å². The summed E-state index contributed by atoms with van der Waals surface area (Å²) in [6.45, 7) is 7.36. The Balaban J connectivity index is 0.751. The number of primary amides is 1. The Labute approximate surface area is 349 Å². The molecular formula is C44H55N11O5. The van der Waals surface area contributed by atoms with Crippen LogP contribution in [0.1, 0.15) is 84.9 Å². The molecule has 0 bridgehead atoms. The Morgan fingerprint density at radius 2 is 1.80 bits per heavy atom. The lowest BCUT2D eigenvalue weighted by atomic mass is 9.64. The molecule has 4 aromatic rings. The van der Waals surface area contributed by atoms with E-state index in [2.05, 4.69) is 77.8 Å². The van der Waals surface area contributed by atoms with Gasteiger partial charge in [-0.15, -0.1) is 0 Å². The molecule has 6 heterocycles. The molecule has 2 atom stereocenters. The second kappa shape index (κ2) is 16.4. The van der Waals surface area contributed by atoms with Crippen LogP contribution in [0.25, 0.3) is 11.0 Å². The summed E-state index contributed by atoms with van der Waals surface area (Å²) in [5, 5.41) is 10.8. The summed E-state index contributed by atoms with van der Waals surface area (Å²) in [5.41, 5.74) is 10.8. The predicted molar refractivity (Wildman–Crippen MR) is 227 cm³/mol. The van der Waals surface area contributed by atoms with Gasteiger partial charge in [0.15, 0.2) is 17.1 Å². The maximum Gasteiger partial charge on any atom is 0.271 e. The number of benzene rings is 2. The van der Waals surface area contributed by atoms with Gasteiger partial charge in [-0.3, -0.25) is 34.3 Å². The summed E-state index contributed by atoms with van der Waals surface area (Å²) in [5.74, 6) is -0.0514. The zero-order valence-electron chi connectivity index (χ0n) is 34.5. The summed E-state index contributed by atoms with van der Waals surface area (Å²) in [4.78, 5) is 68.0. The van der Waals surface area contributed by atoms with Crippen LogP contribution >= 0.6 is 0 Å². The van der Waals surface area contributed by atoms with Crippen molar-refractivity contribution in [2.75, 3.05) is 81.6 Å². The first-order chi connectivity index (χ1) is 29.0. The predicted octanol–water partition coefficient (Wildman–Crippen LogP) is 3.82. The molecule has 2 aromatic heterocycles. The first-order valence-corrected chi connectivity index (χ1v) is 21.4. The Kier molecular flexibility index (Phi) is 10.9. The summed E-state index contributed by atoms with van der Waals surface area (Å²) in [6, 6.07) is 15.5. The molecule has 1 aliphatic carbocycles. The second-order valence-electron chi connectivity index (χ2n) is 17.8. The number of piperidine rings is 2. The molecule has 0 radical (unpaired) electrons. The van der Waals surface area contributed by atoms with Crippen molar-refractivity contribution in [1.82, 2.24) is 35.1 Å². The largest absolute Gasteiger partial charge is 0.368 e. The number of fused-ring (bicyclic) bond motifs is 1. The Bertz CT molecular complexity index is 2240. The number of imide groups is 1. The molecule has 1 spiro atoms. The van der Waals surface area contributed by atoms with Crippen LogP contribution in [0.3, 0.4) is 0 Å². The number of carbonyl (C=O) groups is 4. The number of hydrogen-bond donors (Lipinski definition) is 3. The average molecular weight is 818 g/mol. The van der Waals surface area contributed by atoms with Gasteiger partial charge in [-0.05, 0) is 93.2 Å². The monoisotopic (exact) mass is 817 g/mol. The molecule has 16 heteroatoms. The van der Waals surface area contributed by atoms with E-state index in [4.69, 9.17) is 15.2 Å². The maximum atomic E-state index is 12.4. The normalized spacial score (nSPS) is 22.4. The van der Waals surface area contributed by atoms with E-state index in [1.54, 1.807) is 18.1 Å². The number of aromatic nitrogens is 3. The third kappa shape index (κ3) is 8.01. The standard InChI is InChI=1S/C44H55N11O5/c1-51(27-56)18-19-52(2)32-4-3-17-53(22-32)37-21-46-40(41(45)58)42(48-37)47-30-7-5-28(6-8-30)29-13-15-44(16-14-29)25-55(26-44)33-23-54(24-33)31-9-10-34-36(20-31)60-50-39(34)35-11-12-38(57)49-43(35)59/h5-10,20-21,27,29,32-33,35H,3-4,11-19,22-26H2,1-2H3,(H2,45,58)(H,47,48)(H,49,57,59). The molecule has 316 valence electrons. The lowest BCUT2D eigenvalue weighted by Crippen LogP contribution is -2.69. The molecule has 1 saturated carbocycles. The van der Waals surface area contributed by atoms with Gasteiger partial charge in [0, 0.05) is 101 Å². The molecule has 2 unspecified atom stereocenters. The van der Waals surface area contributed by atoms with Crippen molar-refractivity contribution in [3.8, 4) is 0 Å². The minimum Gasteiger partial charge on any atom is -0.368 e. The van der Waals surface area contributed by atoms with E-state index in [0.29, 0.717) is 65.7 Å². The van der Waals surface area contributed by atoms with E-state index in [-0.39, 0.29) is 17.5 Å². The van der Waals surface area contributed by atoms with E-state index >= 15 is 0 Å². The molecule has 4 amide bonds. The summed E-state index contributed by atoms with van der Waals surface area (Å²) in [7, 11) is 3.89. The molecule has 4 aliphatic heterocycles. The second-order valence-corrected chi connectivity index (χ2v) is 17.8. The van der Waals surface area contributed by atoms with E-state index in [1.807, 2.05) is 12.1 Å². The van der Waals surface area contributed by atoms with Gasteiger partial charge >= 0.3 is 0 Å². The number of carbonyl (C=O) groups excluding carboxylic acids is 4. The maximum absolute atomic E-state index is 12.4. The number of likely N-dealkylation sites (tertiary alicyclic amines) is 1. The highest BCUT2D eigenvalue weighted by atomic mass is 16.5. The van der Waals surface area contributed by atoms with Gasteiger partial charge < -0.3 is 30.3 Å². The van der Waals surface area contributed by atoms with Gasteiger partial charge in [0.2, 0.25) is 18.2 Å². The molecule has 9 rings (SSSR count). The van der Waals surface area contributed by atoms with Gasteiger partial charge in [-0.1, -0.05) is 17.3 Å². The molecule has 5 aliphatic rings. The number of rotatable bonds is 13. The highest BCUT2D eigenvalue weighted by molar-refractivity contribution is 6.02. The molecule has 5 fully saturated rings. The van der Waals surface area contributed by atoms with Crippen LogP contribution in [0.15, 0.2) is 53.2 Å². The van der Waals surface area contributed by atoms with E-state index in [0.717, 1.165) is 81.8 Å². The summed E-state index contributed by atoms with van der Waals surface area (Å²) in [6.07, 6.45) is 10.1. The fourth-order valence-electron chi connectivity index (χ4n) is 10.0. The quantitative estimate of drug-likeness (QED) is 0.131. The highest BCUT2D eigenvalue weighted by Crippen LogP contribution is 2.50. The van der Waals surface area contributed by atoms with Crippen LogP contribution in [-0.4, -0.2) is 132 Å². The van der Waals surface area contributed by atoms with Gasteiger partial charge in [-0.2, -0.15) is 0 Å². The first kappa shape index (κ1) is 39.8. The Morgan fingerprint density at radius 1 is 1.02 bits per heavy atom. The van der Waals surface area contributed by atoms with E-state index in [9.17, 15) is 19.2 Å². The molecule has 4 N–H and O–H groups in total. The van der Waals surface area contributed by atoms with Crippen LogP contribution in [-0.2, 0) is 14.4 Å². The van der Waals surface area contributed by atoms with Crippen LogP contribution in [0.5, 0.6) is 0 Å². The number of nitrogens with two attached hydrogens (primary N) is 1. The van der Waals surface area contributed by atoms with Gasteiger partial charge in [0.1, 0.15) is 11.5 Å². The number of amides is 4. The minimum atomic E-state index is -0.628. The van der Waals surface area contributed by atoms with Gasteiger partial charge in [0.25, 0.3) is 5.91 Å². The summed E-state index contributed by atoms with van der Waals surface area (Å²) < 4.78 is 5.66. The number of nitrogens with one attached hydrogen (secondary N) is 2. The average Bonchev–Trinajstić information content (AvgIpc) is 3.65. The topological polar surface area (TPSA) is 186 Å². The number of anilines is 4. The molecule has 2 aromatic carbocycles. The lowest BCUT2D eigenvalue weighted by molar-refractivity contribution is -0.134. The van der Waals surface area contributed by atoms with Crippen LogP contribution < -0.4 is 26.2 Å². The van der Waals surface area contributed by atoms with E-state index < -0.39 is 11.8 Å². The molecule has 60 heavy (non-hydrogen) atoms. The Hall–Kier alpha value is -5.61. The zero-order valence-corrected chi connectivity index (χ0v) is 34.5. The minimum absolute atomic E-state index is 0.113. The van der Waals surface area contributed by atoms with Crippen LogP contribution in [0.2, 0.25) is 0 Å². The smallest absolute Gasteiger partial charge is 0.271 e. The lowest BCUT2D eigenvalue weighted by Gasteiger charge is -2.59. The molecule has 16 nitrogen and oxygen atoms in total. The van der Waals surface area contributed by atoms with E-state index in [1.165, 1.54) is 31.2 Å². The highest BCUT2D eigenvalue weighted by Gasteiger charge is 2.49. The number of nitrogens with zero attached hydrogens (tertiary/aromatic N) is 8. The fraction of sp³-hybridized carbons (Fsp3) is 0.523. The third-order valence-corrected chi connectivity index (χ3v) is 13.9. The fourth-order valence-corrected chi connectivity index (χ4v) is 10.0. The zero-order chi connectivity index (χ0) is 41.5. The SMILES string of the molecule is CN(C=O)CCN(C)C1CCCN(c2cnc(C(N)=O)c(Nc3ccc(C4CCC5(CC4)CN(C4CN(c6ccc7c(C8CCC(=O)NC8=O)noc7c6)C4)C5)cc3)n2)C1. The molecule has 4 saturated heterocycles. The number of likely N-dealkylation sites (N-methyl/N-ethyl adjacent to an activating group) is 2. The summed E-state index contributed by atoms with van der Waals surface area (Å²) >= 11 is 0. The van der Waals surface area contributed by atoms with Gasteiger partial charge in [-0.25, -0.2) is 9.97 Å². The van der Waals surface area contributed by atoms with Crippen molar-refractivity contribution < 1.29 is 23.7 Å². The Morgan fingerprint density at radius 3 is 2.53 bits per heavy atom. The third-order valence-electron chi connectivity index (χ3n) is 13.9. The molecular weight excluding hydrogens is 763 g/mol. The van der Waals surface area contributed by atoms with Crippen molar-refractivity contribution in [2.45, 2.75) is 75.3 Å². The van der Waals surface area contributed by atoms with Crippen LogP contribution in [0, 0.1) is 5.41 Å². The van der Waals surface area contributed by atoms with Crippen molar-refractivity contribution in [3.05, 3.63) is 65.6 Å². The first-order valence-electron chi connectivity index (χ1n) is 21.4. The van der Waals surface area contributed by atoms with Crippen molar-refractivity contribution in [3.63, 3.8) is 0 Å².